The molecule has 0 aliphatic rings. The largest absolute Gasteiger partial charge is 0.423 e. The van der Waals surface area contributed by atoms with E-state index in [0.717, 1.165) is 3.57 Å². The molecule has 0 atom stereocenters. The first-order chi connectivity index (χ1) is 8.16. The van der Waals surface area contributed by atoms with Crippen molar-refractivity contribution in [2.24, 2.45) is 0 Å². The molecular weight excluding hydrogens is 350 g/mol. The number of benzene rings is 2. The number of hydrogen-bond acceptors (Lipinski definition) is 2. The van der Waals surface area contributed by atoms with Gasteiger partial charge in [0.05, 0.1) is 10.6 Å². The Morgan fingerprint density at radius 3 is 2.47 bits per heavy atom. The molecule has 0 amide bonds. The lowest BCUT2D eigenvalue weighted by atomic mass is 10.2. The van der Waals surface area contributed by atoms with Crippen LogP contribution in [-0.2, 0) is 0 Å². The summed E-state index contributed by atoms with van der Waals surface area (Å²) < 4.78 is 6.17. The average Bonchev–Trinajstić information content (AvgIpc) is 2.30. The van der Waals surface area contributed by atoms with Gasteiger partial charge in [0.1, 0.15) is 5.75 Å². The van der Waals surface area contributed by atoms with Gasteiger partial charge in [-0.1, -0.05) is 29.8 Å². The zero-order valence-corrected chi connectivity index (χ0v) is 11.6. The standard InChI is InChI=1S/C13H8ClIO2/c14-12-8-9(15)6-7-11(12)13(16)17-10-4-2-1-3-5-10/h1-8H. The van der Waals surface area contributed by atoms with E-state index in [2.05, 4.69) is 22.6 Å². The number of para-hydroxylation sites is 1. The maximum absolute atomic E-state index is 11.8. The monoisotopic (exact) mass is 358 g/mol. The van der Waals surface area contributed by atoms with Crippen LogP contribution in [0.15, 0.2) is 48.5 Å². The molecule has 0 heterocycles. The second kappa shape index (κ2) is 5.51. The number of ether oxygens (including phenoxy) is 1. The number of esters is 1. The summed E-state index contributed by atoms with van der Waals surface area (Å²) in [7, 11) is 0. The third kappa shape index (κ3) is 3.20. The number of carbonyl (C=O) groups is 1. The normalized spacial score (nSPS) is 10.0. The smallest absolute Gasteiger partial charge is 0.345 e. The first-order valence-corrected chi connectivity index (χ1v) is 6.35. The highest BCUT2D eigenvalue weighted by Crippen LogP contribution is 2.21. The molecule has 2 aromatic rings. The van der Waals surface area contributed by atoms with Gasteiger partial charge in [0.15, 0.2) is 0 Å². The number of carbonyl (C=O) groups excluding carboxylic acids is 1. The minimum Gasteiger partial charge on any atom is -0.423 e. The first-order valence-electron chi connectivity index (χ1n) is 4.89. The van der Waals surface area contributed by atoms with Gasteiger partial charge in [-0.3, -0.25) is 0 Å². The van der Waals surface area contributed by atoms with Crippen molar-refractivity contribution in [2.75, 3.05) is 0 Å². The van der Waals surface area contributed by atoms with Gasteiger partial charge in [0.2, 0.25) is 0 Å². The van der Waals surface area contributed by atoms with Crippen LogP contribution in [-0.4, -0.2) is 5.97 Å². The summed E-state index contributed by atoms with van der Waals surface area (Å²) in [6.45, 7) is 0. The van der Waals surface area contributed by atoms with E-state index in [4.69, 9.17) is 16.3 Å². The quantitative estimate of drug-likeness (QED) is 0.458. The summed E-state index contributed by atoms with van der Waals surface area (Å²) in [5.41, 5.74) is 0.371. The Balaban J connectivity index is 2.21. The summed E-state index contributed by atoms with van der Waals surface area (Å²) in [6.07, 6.45) is 0. The van der Waals surface area contributed by atoms with Crippen LogP contribution in [0.2, 0.25) is 5.02 Å². The van der Waals surface area contributed by atoms with E-state index >= 15 is 0 Å². The van der Waals surface area contributed by atoms with E-state index in [1.165, 1.54) is 0 Å². The SMILES string of the molecule is O=C(Oc1ccccc1)c1ccc(I)cc1Cl. The number of hydrogen-bond donors (Lipinski definition) is 0. The third-order valence-electron chi connectivity index (χ3n) is 2.10. The average molecular weight is 359 g/mol. The summed E-state index contributed by atoms with van der Waals surface area (Å²) in [4.78, 5) is 11.8. The van der Waals surface area contributed by atoms with Gasteiger partial charge in [0.25, 0.3) is 0 Å². The molecule has 0 fully saturated rings. The molecule has 4 heteroatoms. The van der Waals surface area contributed by atoms with Gasteiger partial charge < -0.3 is 4.74 Å². The van der Waals surface area contributed by atoms with Crippen LogP contribution in [0.4, 0.5) is 0 Å². The van der Waals surface area contributed by atoms with Gasteiger partial charge in [-0.25, -0.2) is 4.79 Å². The van der Waals surface area contributed by atoms with Gasteiger partial charge >= 0.3 is 5.97 Å². The van der Waals surface area contributed by atoms with Crippen LogP contribution in [0.1, 0.15) is 10.4 Å². The maximum Gasteiger partial charge on any atom is 0.345 e. The van der Waals surface area contributed by atoms with Crippen LogP contribution >= 0.6 is 34.2 Å². The second-order valence-corrected chi connectivity index (χ2v) is 4.98. The minimum absolute atomic E-state index is 0.371. The molecule has 0 aromatic heterocycles. The molecule has 0 saturated heterocycles. The van der Waals surface area contributed by atoms with Crippen LogP contribution in [0, 0.1) is 3.57 Å². The molecule has 2 nitrogen and oxygen atoms in total. The van der Waals surface area contributed by atoms with Crippen molar-refractivity contribution in [3.8, 4) is 5.75 Å². The fourth-order valence-electron chi connectivity index (χ4n) is 1.31. The molecule has 2 rings (SSSR count). The maximum atomic E-state index is 11.8. The summed E-state index contributed by atoms with van der Waals surface area (Å²) in [5, 5.41) is 0.401. The molecular formula is C13H8ClIO2. The van der Waals surface area contributed by atoms with Gasteiger partial charge in [-0.2, -0.15) is 0 Å². The van der Waals surface area contributed by atoms with E-state index in [-0.39, 0.29) is 0 Å². The van der Waals surface area contributed by atoms with Crippen LogP contribution in [0.3, 0.4) is 0 Å². The molecule has 0 unspecified atom stereocenters. The summed E-state index contributed by atoms with van der Waals surface area (Å²) in [5.74, 6) is 0.0599. The minimum atomic E-state index is -0.447. The zero-order valence-electron chi connectivity index (χ0n) is 8.69. The van der Waals surface area contributed by atoms with Crippen molar-refractivity contribution in [1.82, 2.24) is 0 Å². The lowest BCUT2D eigenvalue weighted by Gasteiger charge is -2.05. The number of rotatable bonds is 2. The highest BCUT2D eigenvalue weighted by Gasteiger charge is 2.12. The molecule has 17 heavy (non-hydrogen) atoms. The Bertz CT molecular complexity index is 540. The van der Waals surface area contributed by atoms with Crippen LogP contribution in [0.5, 0.6) is 5.75 Å². The van der Waals surface area contributed by atoms with Crippen molar-refractivity contribution >= 4 is 40.2 Å². The van der Waals surface area contributed by atoms with Gasteiger partial charge in [0, 0.05) is 3.57 Å². The van der Waals surface area contributed by atoms with E-state index < -0.39 is 5.97 Å². The molecule has 0 bridgehead atoms. The Morgan fingerprint density at radius 2 is 1.82 bits per heavy atom. The predicted molar refractivity (Wildman–Crippen MR) is 75.6 cm³/mol. The highest BCUT2D eigenvalue weighted by atomic mass is 127. The van der Waals surface area contributed by atoms with E-state index in [1.54, 1.807) is 36.4 Å². The highest BCUT2D eigenvalue weighted by molar-refractivity contribution is 14.1. The molecule has 86 valence electrons. The van der Waals surface area contributed by atoms with Crippen molar-refractivity contribution < 1.29 is 9.53 Å². The topological polar surface area (TPSA) is 26.3 Å². The first kappa shape index (κ1) is 12.4. The molecule has 2 aromatic carbocycles. The number of halogens is 2. The van der Waals surface area contributed by atoms with E-state index in [1.807, 2.05) is 12.1 Å². The fraction of sp³-hybridized carbons (Fsp3) is 0. The van der Waals surface area contributed by atoms with Crippen LogP contribution < -0.4 is 4.74 Å². The lowest BCUT2D eigenvalue weighted by Crippen LogP contribution is -2.09. The van der Waals surface area contributed by atoms with Crippen molar-refractivity contribution in [3.05, 3.63) is 62.7 Å². The Kier molecular flexibility index (Phi) is 4.02. The van der Waals surface area contributed by atoms with Crippen molar-refractivity contribution in [1.29, 1.82) is 0 Å². The molecule has 0 aliphatic carbocycles. The van der Waals surface area contributed by atoms with E-state index in [9.17, 15) is 4.79 Å². The molecule has 0 saturated carbocycles. The van der Waals surface area contributed by atoms with Crippen LogP contribution in [0.25, 0.3) is 0 Å². The van der Waals surface area contributed by atoms with E-state index in [0.29, 0.717) is 16.3 Å². The predicted octanol–water partition coefficient (Wildman–Crippen LogP) is 4.16. The zero-order chi connectivity index (χ0) is 12.3. The molecule has 0 aliphatic heterocycles. The third-order valence-corrected chi connectivity index (χ3v) is 3.09. The molecule has 0 N–H and O–H groups in total. The summed E-state index contributed by atoms with van der Waals surface area (Å²) >= 11 is 8.12. The van der Waals surface area contributed by atoms with Crippen molar-refractivity contribution in [2.45, 2.75) is 0 Å². The lowest BCUT2D eigenvalue weighted by molar-refractivity contribution is 0.0735. The molecule has 0 spiro atoms. The Labute approximate surface area is 118 Å². The molecule has 0 radical (unpaired) electrons. The van der Waals surface area contributed by atoms with Gasteiger partial charge in [-0.15, -0.1) is 0 Å². The Hall–Kier alpha value is -1.07. The van der Waals surface area contributed by atoms with Gasteiger partial charge in [-0.05, 0) is 52.9 Å². The summed E-state index contributed by atoms with van der Waals surface area (Å²) in [6, 6.07) is 14.1. The second-order valence-electron chi connectivity index (χ2n) is 3.33. The fourth-order valence-corrected chi connectivity index (χ4v) is 2.24. The Morgan fingerprint density at radius 1 is 1.12 bits per heavy atom. The van der Waals surface area contributed by atoms with Crippen molar-refractivity contribution in [3.63, 3.8) is 0 Å².